The predicted molar refractivity (Wildman–Crippen MR) is 66.6 cm³/mol. The lowest BCUT2D eigenvalue weighted by atomic mass is 10.0. The zero-order chi connectivity index (χ0) is 12.5. The number of hydrogen-bond donors (Lipinski definition) is 2. The zero-order valence-electron chi connectivity index (χ0n) is 10.2. The van der Waals surface area contributed by atoms with Crippen LogP contribution in [0.1, 0.15) is 18.7 Å². The summed E-state index contributed by atoms with van der Waals surface area (Å²) in [6.45, 7) is 3.71. The van der Waals surface area contributed by atoms with Crippen LogP contribution in [0.3, 0.4) is 0 Å². The standard InChI is InChI=1S/C12H16N4O2/c1-2-18-10-4-3-9-12(15-10)16-11(14-9)7-5-17-6-8(7)13/h3-4,7-8H,2,5-6,13H2,1H3,(H,14,15,16). The Hall–Kier alpha value is -1.66. The van der Waals surface area contributed by atoms with E-state index in [-0.39, 0.29) is 12.0 Å². The van der Waals surface area contributed by atoms with Crippen LogP contribution in [0.2, 0.25) is 0 Å². The van der Waals surface area contributed by atoms with Crippen molar-refractivity contribution < 1.29 is 9.47 Å². The van der Waals surface area contributed by atoms with Crippen molar-refractivity contribution in [2.45, 2.75) is 18.9 Å². The maximum atomic E-state index is 5.98. The Kier molecular flexibility index (Phi) is 2.89. The summed E-state index contributed by atoms with van der Waals surface area (Å²) in [6, 6.07) is 3.75. The summed E-state index contributed by atoms with van der Waals surface area (Å²) in [5.74, 6) is 1.56. The van der Waals surface area contributed by atoms with Crippen LogP contribution >= 0.6 is 0 Å². The van der Waals surface area contributed by atoms with E-state index in [0.29, 0.717) is 31.3 Å². The van der Waals surface area contributed by atoms with Gasteiger partial charge in [-0.2, -0.15) is 4.98 Å². The normalized spacial score (nSPS) is 23.7. The van der Waals surface area contributed by atoms with Gasteiger partial charge in [0.15, 0.2) is 5.65 Å². The highest BCUT2D eigenvalue weighted by Gasteiger charge is 2.29. The van der Waals surface area contributed by atoms with E-state index >= 15 is 0 Å². The van der Waals surface area contributed by atoms with Gasteiger partial charge in [-0.1, -0.05) is 0 Å². The molecule has 6 nitrogen and oxygen atoms in total. The summed E-state index contributed by atoms with van der Waals surface area (Å²) >= 11 is 0. The second-order valence-corrected chi connectivity index (χ2v) is 4.38. The maximum absolute atomic E-state index is 5.98. The van der Waals surface area contributed by atoms with Crippen molar-refractivity contribution in [3.63, 3.8) is 0 Å². The van der Waals surface area contributed by atoms with Gasteiger partial charge >= 0.3 is 0 Å². The Labute approximate surface area is 105 Å². The molecule has 1 fully saturated rings. The molecule has 18 heavy (non-hydrogen) atoms. The molecule has 96 valence electrons. The second kappa shape index (κ2) is 4.55. The summed E-state index contributed by atoms with van der Waals surface area (Å²) in [5, 5.41) is 0. The molecule has 0 saturated carbocycles. The number of fused-ring (bicyclic) bond motifs is 1. The van der Waals surface area contributed by atoms with Gasteiger partial charge in [-0.3, -0.25) is 0 Å². The molecule has 3 heterocycles. The van der Waals surface area contributed by atoms with E-state index < -0.39 is 0 Å². The quantitative estimate of drug-likeness (QED) is 0.839. The fourth-order valence-corrected chi connectivity index (χ4v) is 2.15. The topological polar surface area (TPSA) is 86.0 Å². The van der Waals surface area contributed by atoms with Crippen LogP contribution in [0.4, 0.5) is 0 Å². The highest BCUT2D eigenvalue weighted by Crippen LogP contribution is 2.24. The highest BCUT2D eigenvalue weighted by molar-refractivity contribution is 5.71. The Morgan fingerprint density at radius 3 is 3.06 bits per heavy atom. The number of imidazole rings is 1. The first-order valence-electron chi connectivity index (χ1n) is 6.10. The van der Waals surface area contributed by atoms with Gasteiger partial charge in [0.1, 0.15) is 5.82 Å². The summed E-state index contributed by atoms with van der Waals surface area (Å²) < 4.78 is 10.7. The monoisotopic (exact) mass is 248 g/mol. The zero-order valence-corrected chi connectivity index (χ0v) is 10.2. The molecule has 1 aliphatic heterocycles. The molecule has 6 heteroatoms. The third-order valence-electron chi connectivity index (χ3n) is 3.11. The molecule has 3 rings (SSSR count). The Morgan fingerprint density at radius 1 is 1.44 bits per heavy atom. The molecule has 2 unspecified atom stereocenters. The lowest BCUT2D eigenvalue weighted by Gasteiger charge is -2.08. The molecular formula is C12H16N4O2. The lowest BCUT2D eigenvalue weighted by molar-refractivity contribution is 0.190. The molecular weight excluding hydrogens is 232 g/mol. The Morgan fingerprint density at radius 2 is 2.33 bits per heavy atom. The first-order chi connectivity index (χ1) is 8.78. The van der Waals surface area contributed by atoms with Crippen molar-refractivity contribution in [2.24, 2.45) is 5.73 Å². The van der Waals surface area contributed by atoms with E-state index in [1.165, 1.54) is 0 Å². The number of ether oxygens (including phenoxy) is 2. The average Bonchev–Trinajstić information content (AvgIpc) is 2.94. The van der Waals surface area contributed by atoms with Crippen molar-refractivity contribution >= 4 is 11.2 Å². The van der Waals surface area contributed by atoms with Crippen LogP contribution in [0.15, 0.2) is 12.1 Å². The molecule has 1 aliphatic rings. The van der Waals surface area contributed by atoms with Crippen LogP contribution in [0.25, 0.3) is 11.2 Å². The largest absolute Gasteiger partial charge is 0.478 e. The van der Waals surface area contributed by atoms with Crippen LogP contribution in [0, 0.1) is 0 Å². The van der Waals surface area contributed by atoms with Crippen molar-refractivity contribution in [1.29, 1.82) is 0 Å². The van der Waals surface area contributed by atoms with E-state index in [1.54, 1.807) is 0 Å². The SMILES string of the molecule is CCOc1ccc2[nH]c(C3COCC3N)nc2n1. The minimum atomic E-state index is -0.00285. The van der Waals surface area contributed by atoms with Gasteiger partial charge in [-0.05, 0) is 13.0 Å². The van der Waals surface area contributed by atoms with Crippen LogP contribution in [-0.2, 0) is 4.74 Å². The van der Waals surface area contributed by atoms with Gasteiger partial charge in [0.2, 0.25) is 5.88 Å². The lowest BCUT2D eigenvalue weighted by Crippen LogP contribution is -2.27. The van der Waals surface area contributed by atoms with Crippen molar-refractivity contribution in [3.8, 4) is 5.88 Å². The van der Waals surface area contributed by atoms with E-state index in [9.17, 15) is 0 Å². The number of nitrogens with one attached hydrogen (secondary N) is 1. The van der Waals surface area contributed by atoms with Gasteiger partial charge in [-0.15, -0.1) is 0 Å². The fraction of sp³-hybridized carbons (Fsp3) is 0.500. The number of nitrogens with two attached hydrogens (primary N) is 1. The molecule has 0 bridgehead atoms. The third kappa shape index (κ3) is 1.93. The van der Waals surface area contributed by atoms with E-state index in [2.05, 4.69) is 15.0 Å². The molecule has 2 aromatic rings. The summed E-state index contributed by atoms with van der Waals surface area (Å²) in [7, 11) is 0. The van der Waals surface area contributed by atoms with E-state index in [4.69, 9.17) is 15.2 Å². The first-order valence-corrected chi connectivity index (χ1v) is 6.10. The van der Waals surface area contributed by atoms with Crippen LogP contribution in [-0.4, -0.2) is 40.8 Å². The number of nitrogens with zero attached hydrogens (tertiary/aromatic N) is 2. The summed E-state index contributed by atoms with van der Waals surface area (Å²) in [5.41, 5.74) is 7.54. The van der Waals surface area contributed by atoms with Crippen molar-refractivity contribution in [3.05, 3.63) is 18.0 Å². The van der Waals surface area contributed by atoms with E-state index in [1.807, 2.05) is 19.1 Å². The number of rotatable bonds is 3. The highest BCUT2D eigenvalue weighted by atomic mass is 16.5. The number of aromatic amines is 1. The first kappa shape index (κ1) is 11.4. The number of hydrogen-bond acceptors (Lipinski definition) is 5. The van der Waals surface area contributed by atoms with Crippen LogP contribution in [0.5, 0.6) is 5.88 Å². The third-order valence-corrected chi connectivity index (χ3v) is 3.11. The summed E-state index contributed by atoms with van der Waals surface area (Å²) in [4.78, 5) is 12.1. The van der Waals surface area contributed by atoms with Gasteiger partial charge in [0.25, 0.3) is 0 Å². The average molecular weight is 248 g/mol. The number of H-pyrrole nitrogens is 1. The van der Waals surface area contributed by atoms with Gasteiger partial charge in [0.05, 0.1) is 31.3 Å². The molecule has 3 N–H and O–H groups in total. The van der Waals surface area contributed by atoms with Gasteiger partial charge < -0.3 is 20.2 Å². The molecule has 0 aromatic carbocycles. The van der Waals surface area contributed by atoms with Gasteiger partial charge in [0, 0.05) is 12.1 Å². The molecule has 0 radical (unpaired) electrons. The maximum Gasteiger partial charge on any atom is 0.215 e. The molecule has 2 aromatic heterocycles. The Balaban J connectivity index is 1.95. The molecule has 0 spiro atoms. The summed E-state index contributed by atoms with van der Waals surface area (Å²) in [6.07, 6.45) is 0. The minimum Gasteiger partial charge on any atom is -0.478 e. The van der Waals surface area contributed by atoms with E-state index in [0.717, 1.165) is 11.3 Å². The number of pyridine rings is 1. The van der Waals surface area contributed by atoms with Gasteiger partial charge in [-0.25, -0.2) is 4.98 Å². The second-order valence-electron chi connectivity index (χ2n) is 4.38. The van der Waals surface area contributed by atoms with Crippen molar-refractivity contribution in [1.82, 2.24) is 15.0 Å². The fourth-order valence-electron chi connectivity index (χ4n) is 2.15. The molecule has 1 saturated heterocycles. The smallest absolute Gasteiger partial charge is 0.215 e. The molecule has 0 amide bonds. The minimum absolute atomic E-state index is 0.00285. The van der Waals surface area contributed by atoms with Crippen LogP contribution < -0.4 is 10.5 Å². The number of aromatic nitrogens is 3. The molecule has 0 aliphatic carbocycles. The predicted octanol–water partition coefficient (Wildman–Crippen LogP) is 0.798. The van der Waals surface area contributed by atoms with Crippen molar-refractivity contribution in [2.75, 3.05) is 19.8 Å². The Bertz CT molecular complexity index is 554. The molecule has 2 atom stereocenters.